The van der Waals surface area contributed by atoms with Crippen LogP contribution in [0.2, 0.25) is 0 Å². The Morgan fingerprint density at radius 2 is 2.10 bits per heavy atom. The summed E-state index contributed by atoms with van der Waals surface area (Å²) in [6.07, 6.45) is 6.66. The van der Waals surface area contributed by atoms with Crippen molar-refractivity contribution >= 4 is 29.6 Å². The van der Waals surface area contributed by atoms with Gasteiger partial charge in [0.15, 0.2) is 11.0 Å². The standard InChI is InChI=1S/C21H23N7OS/c1-3-11-28-19(14-23-18-8-6-16(2)7-9-18)25-27-21(28)30-15-20(29)26-24-13-17-5-4-10-22-12-17/h3-10,12-13,23H,1,11,14-15H2,2H3,(H,26,29)/b24-13+. The second kappa shape index (κ2) is 10.9. The predicted molar refractivity (Wildman–Crippen MR) is 119 cm³/mol. The van der Waals surface area contributed by atoms with Crippen LogP contribution in [0.5, 0.6) is 0 Å². The van der Waals surface area contributed by atoms with Crippen LogP contribution in [0.15, 0.2) is 71.7 Å². The zero-order valence-corrected chi connectivity index (χ0v) is 17.5. The van der Waals surface area contributed by atoms with Crippen LogP contribution >= 0.6 is 11.8 Å². The maximum atomic E-state index is 12.1. The molecule has 0 spiro atoms. The molecule has 8 nitrogen and oxygen atoms in total. The largest absolute Gasteiger partial charge is 0.378 e. The molecule has 0 atom stereocenters. The Morgan fingerprint density at radius 1 is 1.27 bits per heavy atom. The molecule has 0 saturated heterocycles. The van der Waals surface area contributed by atoms with E-state index in [9.17, 15) is 4.79 Å². The minimum Gasteiger partial charge on any atom is -0.378 e. The van der Waals surface area contributed by atoms with Gasteiger partial charge in [-0.25, -0.2) is 5.43 Å². The van der Waals surface area contributed by atoms with Crippen LogP contribution in [-0.2, 0) is 17.9 Å². The van der Waals surface area contributed by atoms with Crippen molar-refractivity contribution in [1.82, 2.24) is 25.2 Å². The van der Waals surface area contributed by atoms with Gasteiger partial charge in [-0.1, -0.05) is 41.6 Å². The summed E-state index contributed by atoms with van der Waals surface area (Å²) in [4.78, 5) is 16.1. The SMILES string of the molecule is C=CCn1c(CNc2ccc(C)cc2)nnc1SCC(=O)N/N=C/c1cccnc1. The van der Waals surface area contributed by atoms with Crippen molar-refractivity contribution in [2.45, 2.75) is 25.2 Å². The van der Waals surface area contributed by atoms with Crippen LogP contribution in [0, 0.1) is 6.92 Å². The summed E-state index contributed by atoms with van der Waals surface area (Å²) in [5.41, 5.74) is 5.52. The number of pyridine rings is 1. The molecule has 0 fully saturated rings. The van der Waals surface area contributed by atoms with Crippen molar-refractivity contribution in [2.75, 3.05) is 11.1 Å². The van der Waals surface area contributed by atoms with Crippen molar-refractivity contribution in [3.8, 4) is 0 Å². The molecule has 30 heavy (non-hydrogen) atoms. The van der Waals surface area contributed by atoms with Crippen molar-refractivity contribution in [3.05, 3.63) is 78.4 Å². The number of aryl methyl sites for hydroxylation is 1. The zero-order chi connectivity index (χ0) is 21.2. The topological polar surface area (TPSA) is 97.1 Å². The van der Waals surface area contributed by atoms with Gasteiger partial charge in [0.25, 0.3) is 5.91 Å². The first-order valence-electron chi connectivity index (χ1n) is 9.34. The Bertz CT molecular complexity index is 1000. The molecule has 3 rings (SSSR count). The van der Waals surface area contributed by atoms with Crippen LogP contribution in [0.3, 0.4) is 0 Å². The molecule has 1 amide bonds. The summed E-state index contributed by atoms with van der Waals surface area (Å²) >= 11 is 1.30. The molecular weight excluding hydrogens is 398 g/mol. The average molecular weight is 422 g/mol. The minimum absolute atomic E-state index is 0.172. The molecule has 3 aromatic rings. The molecule has 0 aliphatic heterocycles. The van der Waals surface area contributed by atoms with E-state index in [1.54, 1.807) is 30.8 Å². The van der Waals surface area contributed by atoms with Crippen LogP contribution in [0.25, 0.3) is 0 Å². The lowest BCUT2D eigenvalue weighted by Gasteiger charge is -2.09. The first-order valence-corrected chi connectivity index (χ1v) is 10.3. The number of carbonyl (C=O) groups excluding carboxylic acids is 1. The van der Waals surface area contributed by atoms with Gasteiger partial charge in [-0.15, -0.1) is 16.8 Å². The number of anilines is 1. The van der Waals surface area contributed by atoms with E-state index in [0.29, 0.717) is 18.2 Å². The highest BCUT2D eigenvalue weighted by Gasteiger charge is 2.13. The van der Waals surface area contributed by atoms with Gasteiger partial charge in [0.05, 0.1) is 18.5 Å². The molecule has 154 valence electrons. The fraction of sp³-hybridized carbons (Fsp3) is 0.190. The van der Waals surface area contributed by atoms with E-state index >= 15 is 0 Å². The van der Waals surface area contributed by atoms with Crippen molar-refractivity contribution in [3.63, 3.8) is 0 Å². The smallest absolute Gasteiger partial charge is 0.250 e. The average Bonchev–Trinajstić information content (AvgIpc) is 3.14. The van der Waals surface area contributed by atoms with Gasteiger partial charge in [0, 0.05) is 30.2 Å². The normalized spacial score (nSPS) is 10.8. The number of nitrogens with zero attached hydrogens (tertiary/aromatic N) is 5. The fourth-order valence-corrected chi connectivity index (χ4v) is 3.27. The summed E-state index contributed by atoms with van der Waals surface area (Å²) < 4.78 is 1.94. The second-order valence-electron chi connectivity index (χ2n) is 6.39. The quantitative estimate of drug-likeness (QED) is 0.226. The number of allylic oxidation sites excluding steroid dienone is 1. The molecular formula is C21H23N7OS. The summed E-state index contributed by atoms with van der Waals surface area (Å²) in [5, 5.41) is 16.4. The maximum Gasteiger partial charge on any atom is 0.250 e. The molecule has 0 aliphatic carbocycles. The Kier molecular flexibility index (Phi) is 7.73. The number of thioether (sulfide) groups is 1. The predicted octanol–water partition coefficient (Wildman–Crippen LogP) is 3.02. The first-order chi connectivity index (χ1) is 14.7. The van der Waals surface area contributed by atoms with E-state index in [-0.39, 0.29) is 11.7 Å². The van der Waals surface area contributed by atoms with Crippen molar-refractivity contribution in [1.29, 1.82) is 0 Å². The fourth-order valence-electron chi connectivity index (χ4n) is 2.52. The molecule has 0 bridgehead atoms. The third kappa shape index (κ3) is 6.28. The molecule has 0 unspecified atom stereocenters. The van der Waals surface area contributed by atoms with E-state index in [0.717, 1.165) is 17.1 Å². The van der Waals surface area contributed by atoms with Crippen LogP contribution in [-0.4, -0.2) is 37.6 Å². The van der Waals surface area contributed by atoms with E-state index < -0.39 is 0 Å². The number of hydrazone groups is 1. The summed E-state index contributed by atoms with van der Waals surface area (Å²) in [6, 6.07) is 11.8. The summed E-state index contributed by atoms with van der Waals surface area (Å²) in [6.45, 7) is 6.93. The Morgan fingerprint density at radius 3 is 2.83 bits per heavy atom. The number of hydrogen-bond donors (Lipinski definition) is 2. The number of hydrogen-bond acceptors (Lipinski definition) is 7. The minimum atomic E-state index is -0.229. The highest BCUT2D eigenvalue weighted by molar-refractivity contribution is 7.99. The summed E-state index contributed by atoms with van der Waals surface area (Å²) in [7, 11) is 0. The van der Waals surface area contributed by atoms with Gasteiger partial charge in [0.1, 0.15) is 0 Å². The lowest BCUT2D eigenvalue weighted by atomic mass is 10.2. The highest BCUT2D eigenvalue weighted by Crippen LogP contribution is 2.18. The number of amides is 1. The summed E-state index contributed by atoms with van der Waals surface area (Å²) in [5.74, 6) is 0.714. The third-order valence-electron chi connectivity index (χ3n) is 4.03. The van der Waals surface area contributed by atoms with E-state index in [2.05, 4.69) is 37.6 Å². The second-order valence-corrected chi connectivity index (χ2v) is 7.33. The highest BCUT2D eigenvalue weighted by atomic mass is 32.2. The number of aromatic nitrogens is 4. The molecule has 0 aliphatic rings. The van der Waals surface area contributed by atoms with Gasteiger partial charge >= 0.3 is 0 Å². The lowest BCUT2D eigenvalue weighted by molar-refractivity contribution is -0.118. The maximum absolute atomic E-state index is 12.1. The molecule has 2 heterocycles. The number of carbonyl (C=O) groups is 1. The number of nitrogens with one attached hydrogen (secondary N) is 2. The van der Waals surface area contributed by atoms with Gasteiger partial charge < -0.3 is 9.88 Å². The zero-order valence-electron chi connectivity index (χ0n) is 16.7. The first kappa shape index (κ1) is 21.3. The lowest BCUT2D eigenvalue weighted by Crippen LogP contribution is -2.20. The molecule has 1 aromatic carbocycles. The monoisotopic (exact) mass is 421 g/mol. The molecule has 0 radical (unpaired) electrons. The molecule has 2 N–H and O–H groups in total. The number of benzene rings is 1. The van der Waals surface area contributed by atoms with Crippen LogP contribution < -0.4 is 10.7 Å². The van der Waals surface area contributed by atoms with Gasteiger partial charge in [-0.2, -0.15) is 5.10 Å². The third-order valence-corrected chi connectivity index (χ3v) is 4.99. The van der Waals surface area contributed by atoms with Gasteiger partial charge in [-0.3, -0.25) is 9.78 Å². The van der Waals surface area contributed by atoms with E-state index in [4.69, 9.17) is 0 Å². The molecule has 2 aromatic heterocycles. The van der Waals surface area contributed by atoms with E-state index in [1.165, 1.54) is 17.3 Å². The van der Waals surface area contributed by atoms with Crippen LogP contribution in [0.4, 0.5) is 5.69 Å². The van der Waals surface area contributed by atoms with E-state index in [1.807, 2.05) is 41.8 Å². The Labute approximate surface area is 179 Å². The van der Waals surface area contributed by atoms with Crippen LogP contribution in [0.1, 0.15) is 17.0 Å². The molecule has 9 heteroatoms. The van der Waals surface area contributed by atoms with Gasteiger partial charge in [-0.05, 0) is 25.1 Å². The molecule has 0 saturated carbocycles. The van der Waals surface area contributed by atoms with Gasteiger partial charge in [0.2, 0.25) is 0 Å². The Hall–Kier alpha value is -3.46. The number of rotatable bonds is 10. The van der Waals surface area contributed by atoms with Crippen molar-refractivity contribution in [2.24, 2.45) is 5.10 Å². The Balaban J connectivity index is 1.54. The van der Waals surface area contributed by atoms with Crippen molar-refractivity contribution < 1.29 is 4.79 Å².